The Kier molecular flexibility index (Phi) is 4.98. The molecule has 26 heavy (non-hydrogen) atoms. The maximum atomic E-state index is 12.2. The molecule has 132 valence electrons. The minimum absolute atomic E-state index is 0.114. The fourth-order valence-electron chi connectivity index (χ4n) is 2.42. The van der Waals surface area contributed by atoms with E-state index >= 15 is 0 Å². The third-order valence-corrected chi connectivity index (χ3v) is 3.95. The molecule has 2 aromatic carbocycles. The van der Waals surface area contributed by atoms with Gasteiger partial charge in [-0.05, 0) is 35.2 Å². The maximum Gasteiger partial charge on any atom is 0.258 e. The van der Waals surface area contributed by atoms with Gasteiger partial charge >= 0.3 is 0 Å². The fourth-order valence-corrected chi connectivity index (χ4v) is 2.42. The number of benzene rings is 2. The molecule has 0 fully saturated rings. The quantitative estimate of drug-likeness (QED) is 0.714. The summed E-state index contributed by atoms with van der Waals surface area (Å²) in [4.78, 5) is 20.7. The van der Waals surface area contributed by atoms with Gasteiger partial charge in [0, 0.05) is 23.8 Å². The molecule has 1 amide bonds. The Bertz CT molecular complexity index is 867. The van der Waals surface area contributed by atoms with Crippen LogP contribution in [0.1, 0.15) is 36.7 Å². The molecule has 0 radical (unpaired) electrons. The number of para-hydroxylation sites is 1. The fraction of sp³-hybridized carbons (Fsp3) is 0.190. The van der Waals surface area contributed by atoms with Crippen LogP contribution >= 0.6 is 0 Å². The molecule has 1 heterocycles. The van der Waals surface area contributed by atoms with Gasteiger partial charge in [-0.2, -0.15) is 0 Å². The van der Waals surface area contributed by atoms with Gasteiger partial charge in [0.1, 0.15) is 0 Å². The van der Waals surface area contributed by atoms with Crippen LogP contribution in [0.5, 0.6) is 0 Å². The Labute approximate surface area is 153 Å². The zero-order valence-corrected chi connectivity index (χ0v) is 15.2. The van der Waals surface area contributed by atoms with Crippen molar-refractivity contribution in [3.05, 3.63) is 78.1 Å². The van der Waals surface area contributed by atoms with Crippen molar-refractivity contribution in [3.8, 4) is 0 Å². The first-order valence-corrected chi connectivity index (χ1v) is 8.48. The Morgan fingerprint density at radius 3 is 2.04 bits per heavy atom. The van der Waals surface area contributed by atoms with Gasteiger partial charge < -0.3 is 10.6 Å². The van der Waals surface area contributed by atoms with Crippen molar-refractivity contribution in [2.75, 3.05) is 10.6 Å². The summed E-state index contributed by atoms with van der Waals surface area (Å²) >= 11 is 0. The predicted molar refractivity (Wildman–Crippen MR) is 105 cm³/mol. The Hall–Kier alpha value is -3.21. The van der Waals surface area contributed by atoms with Crippen molar-refractivity contribution in [2.45, 2.75) is 26.2 Å². The first-order chi connectivity index (χ1) is 12.4. The van der Waals surface area contributed by atoms with E-state index in [0.29, 0.717) is 11.5 Å². The molecule has 0 atom stereocenters. The van der Waals surface area contributed by atoms with Gasteiger partial charge in [0.15, 0.2) is 0 Å². The van der Waals surface area contributed by atoms with E-state index in [1.807, 2.05) is 42.5 Å². The summed E-state index contributed by atoms with van der Waals surface area (Å²) in [6.07, 6.45) is 3.02. The van der Waals surface area contributed by atoms with E-state index in [0.717, 1.165) is 11.4 Å². The third kappa shape index (κ3) is 4.45. The maximum absolute atomic E-state index is 12.2. The number of anilines is 3. The van der Waals surface area contributed by atoms with Crippen LogP contribution in [0.15, 0.2) is 67.0 Å². The highest BCUT2D eigenvalue weighted by Crippen LogP contribution is 2.24. The molecule has 5 nitrogen and oxygen atoms in total. The van der Waals surface area contributed by atoms with Crippen molar-refractivity contribution < 1.29 is 4.79 Å². The topological polar surface area (TPSA) is 66.9 Å². The van der Waals surface area contributed by atoms with Crippen LogP contribution in [0, 0.1) is 0 Å². The lowest BCUT2D eigenvalue weighted by Gasteiger charge is -2.19. The van der Waals surface area contributed by atoms with Gasteiger partial charge in [-0.25, -0.2) is 9.97 Å². The zero-order chi connectivity index (χ0) is 18.6. The van der Waals surface area contributed by atoms with Crippen LogP contribution in [-0.2, 0) is 5.41 Å². The normalized spacial score (nSPS) is 11.0. The first-order valence-electron chi connectivity index (χ1n) is 8.48. The molecule has 0 saturated carbocycles. The van der Waals surface area contributed by atoms with Gasteiger partial charge in [0.25, 0.3) is 5.91 Å². The van der Waals surface area contributed by atoms with E-state index in [-0.39, 0.29) is 11.3 Å². The molecule has 3 rings (SSSR count). The number of rotatable bonds is 4. The monoisotopic (exact) mass is 346 g/mol. The lowest BCUT2D eigenvalue weighted by atomic mass is 9.87. The summed E-state index contributed by atoms with van der Waals surface area (Å²) in [5.41, 5.74) is 3.42. The average Bonchev–Trinajstić information content (AvgIpc) is 2.63. The van der Waals surface area contributed by atoms with Gasteiger partial charge in [-0.15, -0.1) is 0 Å². The summed E-state index contributed by atoms with van der Waals surface area (Å²) in [5, 5.41) is 5.95. The minimum Gasteiger partial charge on any atom is -0.324 e. The van der Waals surface area contributed by atoms with E-state index < -0.39 is 0 Å². The lowest BCUT2D eigenvalue weighted by Crippen LogP contribution is -2.13. The molecule has 0 aliphatic rings. The summed E-state index contributed by atoms with van der Waals surface area (Å²) in [6, 6.07) is 17.5. The Morgan fingerprint density at radius 1 is 0.846 bits per heavy atom. The van der Waals surface area contributed by atoms with Gasteiger partial charge in [-0.3, -0.25) is 4.79 Å². The number of amides is 1. The SMILES string of the molecule is CC(C)(C)c1ccc(Nc2ncc(C(=O)Nc3ccccc3)cn2)cc1. The van der Waals surface area contributed by atoms with Crippen LogP contribution in [0.25, 0.3) is 0 Å². The number of carbonyl (C=O) groups is 1. The standard InChI is InChI=1S/C21H22N4O/c1-21(2,3)16-9-11-18(12-10-16)25-20-22-13-15(14-23-20)19(26)24-17-7-5-4-6-8-17/h4-14H,1-3H3,(H,24,26)(H,22,23,25). The predicted octanol–water partition coefficient (Wildman–Crippen LogP) is 4.77. The van der Waals surface area contributed by atoms with Crippen LogP contribution in [0.3, 0.4) is 0 Å². The number of carbonyl (C=O) groups excluding carboxylic acids is 1. The minimum atomic E-state index is -0.239. The van der Waals surface area contributed by atoms with Crippen molar-refractivity contribution in [2.24, 2.45) is 0 Å². The van der Waals surface area contributed by atoms with Crippen molar-refractivity contribution in [1.29, 1.82) is 0 Å². The van der Waals surface area contributed by atoms with E-state index in [1.54, 1.807) is 0 Å². The highest BCUT2D eigenvalue weighted by Gasteiger charge is 2.13. The molecule has 0 saturated heterocycles. The average molecular weight is 346 g/mol. The number of aromatic nitrogens is 2. The second-order valence-electron chi connectivity index (χ2n) is 7.07. The van der Waals surface area contributed by atoms with Gasteiger partial charge in [0.2, 0.25) is 5.95 Å². The molecule has 3 aromatic rings. The Morgan fingerprint density at radius 2 is 1.46 bits per heavy atom. The van der Waals surface area contributed by atoms with Crippen molar-refractivity contribution in [1.82, 2.24) is 9.97 Å². The van der Waals surface area contributed by atoms with Gasteiger partial charge in [0.05, 0.1) is 5.56 Å². The summed E-state index contributed by atoms with van der Waals surface area (Å²) in [7, 11) is 0. The number of nitrogens with zero attached hydrogens (tertiary/aromatic N) is 2. The van der Waals surface area contributed by atoms with Gasteiger partial charge in [-0.1, -0.05) is 51.1 Å². The highest BCUT2D eigenvalue weighted by atomic mass is 16.1. The second-order valence-corrected chi connectivity index (χ2v) is 7.07. The van der Waals surface area contributed by atoms with Crippen LogP contribution in [0.2, 0.25) is 0 Å². The molecular weight excluding hydrogens is 324 g/mol. The number of hydrogen-bond acceptors (Lipinski definition) is 4. The molecule has 0 aliphatic heterocycles. The smallest absolute Gasteiger partial charge is 0.258 e. The first kappa shape index (κ1) is 17.6. The van der Waals surface area contributed by atoms with E-state index in [1.165, 1.54) is 18.0 Å². The van der Waals surface area contributed by atoms with Crippen LogP contribution in [-0.4, -0.2) is 15.9 Å². The molecule has 0 unspecified atom stereocenters. The van der Waals surface area contributed by atoms with E-state index in [2.05, 4.69) is 53.5 Å². The molecular formula is C21H22N4O. The van der Waals surface area contributed by atoms with Crippen LogP contribution < -0.4 is 10.6 Å². The number of hydrogen-bond donors (Lipinski definition) is 2. The summed E-state index contributed by atoms with van der Waals surface area (Å²) in [6.45, 7) is 6.54. The zero-order valence-electron chi connectivity index (χ0n) is 15.2. The number of nitrogens with one attached hydrogen (secondary N) is 2. The summed E-state index contributed by atoms with van der Waals surface area (Å²) < 4.78 is 0. The lowest BCUT2D eigenvalue weighted by molar-refractivity contribution is 0.102. The van der Waals surface area contributed by atoms with Crippen LogP contribution in [0.4, 0.5) is 17.3 Å². The Balaban J connectivity index is 1.65. The van der Waals surface area contributed by atoms with E-state index in [4.69, 9.17) is 0 Å². The molecule has 0 aliphatic carbocycles. The molecule has 1 aromatic heterocycles. The van der Waals surface area contributed by atoms with E-state index in [9.17, 15) is 4.79 Å². The largest absolute Gasteiger partial charge is 0.324 e. The summed E-state index contributed by atoms with van der Waals surface area (Å²) in [5.74, 6) is 0.210. The molecule has 5 heteroatoms. The van der Waals surface area contributed by atoms with Crippen molar-refractivity contribution in [3.63, 3.8) is 0 Å². The molecule has 2 N–H and O–H groups in total. The highest BCUT2D eigenvalue weighted by molar-refractivity contribution is 6.03. The van der Waals surface area contributed by atoms with Crippen molar-refractivity contribution >= 4 is 23.2 Å². The molecule has 0 spiro atoms. The second kappa shape index (κ2) is 7.35. The molecule has 0 bridgehead atoms. The third-order valence-electron chi connectivity index (χ3n) is 3.95.